The van der Waals surface area contributed by atoms with E-state index in [4.69, 9.17) is 9.15 Å². The third-order valence-corrected chi connectivity index (χ3v) is 2.87. The Morgan fingerprint density at radius 2 is 2.05 bits per heavy atom. The number of benzene rings is 1. The van der Waals surface area contributed by atoms with Crippen molar-refractivity contribution in [1.29, 1.82) is 0 Å². The van der Waals surface area contributed by atoms with Crippen LogP contribution in [-0.4, -0.2) is 24.5 Å². The summed E-state index contributed by atoms with van der Waals surface area (Å²) in [5.74, 6) is -1.23. The van der Waals surface area contributed by atoms with Crippen molar-refractivity contribution in [3.63, 3.8) is 0 Å². The number of hydrogen-bond donors (Lipinski definition) is 1. The molecule has 1 aromatic carbocycles. The van der Waals surface area contributed by atoms with Gasteiger partial charge in [0, 0.05) is 5.39 Å². The maximum atomic E-state index is 12.0. The second-order valence-corrected chi connectivity index (χ2v) is 4.43. The van der Waals surface area contributed by atoms with Crippen LogP contribution in [0.2, 0.25) is 0 Å². The van der Waals surface area contributed by atoms with Gasteiger partial charge in [0.05, 0.1) is 6.61 Å². The highest BCUT2D eigenvalue weighted by atomic mass is 16.5. The molecule has 0 saturated carbocycles. The van der Waals surface area contributed by atoms with Gasteiger partial charge in [0.2, 0.25) is 0 Å². The fraction of sp³-hybridized carbons (Fsp3) is 0.267. The van der Waals surface area contributed by atoms with Crippen LogP contribution in [0.25, 0.3) is 11.0 Å². The minimum atomic E-state index is -0.844. The number of carbonyl (C=O) groups is 2. The lowest BCUT2D eigenvalue weighted by Crippen LogP contribution is -2.41. The molecule has 1 amide bonds. The average molecular weight is 289 g/mol. The zero-order valence-corrected chi connectivity index (χ0v) is 11.7. The van der Waals surface area contributed by atoms with E-state index >= 15 is 0 Å². The summed E-state index contributed by atoms with van der Waals surface area (Å²) in [6.07, 6.45) is 0. The lowest BCUT2D eigenvalue weighted by Gasteiger charge is -2.12. The van der Waals surface area contributed by atoms with E-state index < -0.39 is 23.5 Å². The van der Waals surface area contributed by atoms with Crippen molar-refractivity contribution in [1.82, 2.24) is 5.32 Å². The Balaban J connectivity index is 2.25. The SMILES string of the molecule is CCOC(=O)C(C)NC(=O)c1cc2ccccc2oc1=O. The molecule has 2 aromatic rings. The quantitative estimate of drug-likeness (QED) is 0.680. The number of carbonyl (C=O) groups excluding carboxylic acids is 2. The maximum absolute atomic E-state index is 12.0. The largest absolute Gasteiger partial charge is 0.464 e. The first-order chi connectivity index (χ1) is 10.0. The van der Waals surface area contributed by atoms with Gasteiger partial charge in [-0.25, -0.2) is 9.59 Å². The van der Waals surface area contributed by atoms with Gasteiger partial charge in [0.1, 0.15) is 17.2 Å². The highest BCUT2D eigenvalue weighted by Crippen LogP contribution is 2.12. The van der Waals surface area contributed by atoms with E-state index in [-0.39, 0.29) is 12.2 Å². The van der Waals surface area contributed by atoms with Crippen LogP contribution in [-0.2, 0) is 9.53 Å². The fourth-order valence-electron chi connectivity index (χ4n) is 1.82. The van der Waals surface area contributed by atoms with Gasteiger partial charge in [0.15, 0.2) is 0 Å². The molecule has 1 heterocycles. The van der Waals surface area contributed by atoms with Gasteiger partial charge < -0.3 is 14.5 Å². The molecule has 0 spiro atoms. The molecule has 1 aromatic heterocycles. The van der Waals surface area contributed by atoms with E-state index in [1.807, 2.05) is 0 Å². The molecule has 110 valence electrons. The summed E-state index contributed by atoms with van der Waals surface area (Å²) in [6.45, 7) is 3.38. The molecule has 1 N–H and O–H groups in total. The fourth-order valence-corrected chi connectivity index (χ4v) is 1.82. The van der Waals surface area contributed by atoms with Crippen LogP contribution < -0.4 is 10.9 Å². The molecule has 21 heavy (non-hydrogen) atoms. The van der Waals surface area contributed by atoms with Crippen molar-refractivity contribution in [3.8, 4) is 0 Å². The number of nitrogens with one attached hydrogen (secondary N) is 1. The second kappa shape index (κ2) is 6.21. The number of amides is 1. The molecule has 1 unspecified atom stereocenters. The van der Waals surface area contributed by atoms with Crippen molar-refractivity contribution in [2.24, 2.45) is 0 Å². The van der Waals surface area contributed by atoms with Gasteiger partial charge in [-0.15, -0.1) is 0 Å². The third-order valence-electron chi connectivity index (χ3n) is 2.87. The standard InChI is InChI=1S/C15H15NO5/c1-3-20-14(18)9(2)16-13(17)11-8-10-6-4-5-7-12(10)21-15(11)19/h4-9H,3H2,1-2H3,(H,16,17). The summed E-state index contributed by atoms with van der Waals surface area (Å²) >= 11 is 0. The van der Waals surface area contributed by atoms with Crippen LogP contribution in [0.5, 0.6) is 0 Å². The Kier molecular flexibility index (Phi) is 4.37. The van der Waals surface area contributed by atoms with Crippen LogP contribution in [0.3, 0.4) is 0 Å². The first-order valence-corrected chi connectivity index (χ1v) is 6.53. The lowest BCUT2D eigenvalue weighted by molar-refractivity contribution is -0.144. The Labute approximate surface area is 120 Å². The van der Waals surface area contributed by atoms with Crippen LogP contribution in [0.4, 0.5) is 0 Å². The number of ether oxygens (including phenoxy) is 1. The van der Waals surface area contributed by atoms with Crippen LogP contribution in [0.1, 0.15) is 24.2 Å². The molecule has 0 fully saturated rings. The van der Waals surface area contributed by atoms with Crippen molar-refractivity contribution < 1.29 is 18.7 Å². The first kappa shape index (κ1) is 14.8. The minimum Gasteiger partial charge on any atom is -0.464 e. The molecule has 0 aliphatic heterocycles. The highest BCUT2D eigenvalue weighted by molar-refractivity contribution is 5.98. The summed E-state index contributed by atoms with van der Waals surface area (Å²) < 4.78 is 9.86. The van der Waals surface area contributed by atoms with Crippen molar-refractivity contribution in [2.75, 3.05) is 6.61 Å². The predicted octanol–water partition coefficient (Wildman–Crippen LogP) is 1.47. The Hall–Kier alpha value is -2.63. The van der Waals surface area contributed by atoms with Crippen molar-refractivity contribution in [3.05, 3.63) is 46.3 Å². The molecule has 0 aliphatic rings. The van der Waals surface area contributed by atoms with Gasteiger partial charge in [0.25, 0.3) is 5.91 Å². The molecular formula is C15H15NO5. The molecule has 2 rings (SSSR count). The van der Waals surface area contributed by atoms with Gasteiger partial charge >= 0.3 is 11.6 Å². The molecule has 0 aliphatic carbocycles. The van der Waals surface area contributed by atoms with Crippen LogP contribution in [0, 0.1) is 0 Å². The summed E-state index contributed by atoms with van der Waals surface area (Å²) in [5.41, 5.74) is -0.496. The Bertz CT molecular complexity index is 734. The van der Waals surface area contributed by atoms with Gasteiger partial charge in [-0.1, -0.05) is 18.2 Å². The number of esters is 1. The first-order valence-electron chi connectivity index (χ1n) is 6.53. The minimum absolute atomic E-state index is 0.148. The number of hydrogen-bond acceptors (Lipinski definition) is 5. The topological polar surface area (TPSA) is 85.6 Å². The summed E-state index contributed by atoms with van der Waals surface area (Å²) in [4.78, 5) is 35.3. The zero-order valence-electron chi connectivity index (χ0n) is 11.7. The average Bonchev–Trinajstić information content (AvgIpc) is 2.46. The van der Waals surface area contributed by atoms with Gasteiger partial charge in [-0.2, -0.15) is 0 Å². The van der Waals surface area contributed by atoms with Crippen LogP contribution >= 0.6 is 0 Å². The summed E-state index contributed by atoms with van der Waals surface area (Å²) in [5, 5.41) is 3.04. The second-order valence-electron chi connectivity index (χ2n) is 4.43. The zero-order chi connectivity index (χ0) is 15.4. The molecule has 0 bridgehead atoms. The lowest BCUT2D eigenvalue weighted by atomic mass is 10.1. The molecular weight excluding hydrogens is 274 g/mol. The monoisotopic (exact) mass is 289 g/mol. The van der Waals surface area contributed by atoms with E-state index in [0.717, 1.165) is 0 Å². The van der Waals surface area contributed by atoms with E-state index in [2.05, 4.69) is 5.32 Å². The Morgan fingerprint density at radius 3 is 2.76 bits per heavy atom. The van der Waals surface area contributed by atoms with E-state index in [1.165, 1.54) is 13.0 Å². The van der Waals surface area contributed by atoms with E-state index in [9.17, 15) is 14.4 Å². The maximum Gasteiger partial charge on any atom is 0.349 e. The van der Waals surface area contributed by atoms with Gasteiger partial charge in [-0.3, -0.25) is 4.79 Å². The normalized spacial score (nSPS) is 11.9. The Morgan fingerprint density at radius 1 is 1.33 bits per heavy atom. The predicted molar refractivity (Wildman–Crippen MR) is 76.0 cm³/mol. The summed E-state index contributed by atoms with van der Waals surface area (Å²) in [6, 6.07) is 7.46. The molecule has 1 atom stereocenters. The number of fused-ring (bicyclic) bond motifs is 1. The van der Waals surface area contributed by atoms with E-state index in [1.54, 1.807) is 31.2 Å². The smallest absolute Gasteiger partial charge is 0.349 e. The van der Waals surface area contributed by atoms with Crippen molar-refractivity contribution in [2.45, 2.75) is 19.9 Å². The molecule has 6 heteroatoms. The molecule has 0 saturated heterocycles. The number of rotatable bonds is 4. The summed E-state index contributed by atoms with van der Waals surface area (Å²) in [7, 11) is 0. The molecule has 6 nitrogen and oxygen atoms in total. The van der Waals surface area contributed by atoms with E-state index in [0.29, 0.717) is 11.0 Å². The van der Waals surface area contributed by atoms with Crippen LogP contribution in [0.15, 0.2) is 39.5 Å². The highest BCUT2D eigenvalue weighted by Gasteiger charge is 2.20. The molecule has 0 radical (unpaired) electrons. The third kappa shape index (κ3) is 3.28. The number of para-hydroxylation sites is 1. The van der Waals surface area contributed by atoms with Crippen molar-refractivity contribution >= 4 is 22.8 Å². The van der Waals surface area contributed by atoms with Gasteiger partial charge in [-0.05, 0) is 26.0 Å².